The summed E-state index contributed by atoms with van der Waals surface area (Å²) >= 11 is 4.73. The fourth-order valence-electron chi connectivity index (χ4n) is 0.922. The predicted molar refractivity (Wildman–Crippen MR) is 54.0 cm³/mol. The van der Waals surface area contributed by atoms with Crippen LogP contribution in [0.2, 0.25) is 0 Å². The second-order valence-corrected chi connectivity index (χ2v) is 3.52. The Morgan fingerprint density at radius 3 is 2.00 bits per heavy atom. The first kappa shape index (κ1) is 13.9. The molecule has 0 unspecified atom stereocenters. The van der Waals surface area contributed by atoms with E-state index >= 15 is 0 Å². The van der Waals surface area contributed by atoms with Crippen molar-refractivity contribution >= 4 is 17.1 Å². The minimum atomic E-state index is -1.61. The summed E-state index contributed by atoms with van der Waals surface area (Å²) in [5, 5.41) is 45.4. The summed E-state index contributed by atoms with van der Waals surface area (Å²) in [6.45, 7) is 1.01. The predicted octanol–water partition coefficient (Wildman–Crippen LogP) is -1.80. The van der Waals surface area contributed by atoms with Crippen LogP contribution in [0.5, 0.6) is 0 Å². The zero-order valence-corrected chi connectivity index (χ0v) is 8.68. The largest absolute Gasteiger partial charge is 0.394 e. The molecule has 0 aromatic rings. The number of rotatable bonds is 6. The molecule has 0 aliphatic carbocycles. The van der Waals surface area contributed by atoms with Crippen LogP contribution in [-0.2, 0) is 0 Å². The highest BCUT2D eigenvalue weighted by atomic mass is 32.1. The Morgan fingerprint density at radius 2 is 1.64 bits per heavy atom. The molecule has 0 aromatic carbocycles. The molecular formula is C8H16O5S. The van der Waals surface area contributed by atoms with Crippen molar-refractivity contribution in [2.45, 2.75) is 37.8 Å². The molecule has 0 aliphatic heterocycles. The van der Waals surface area contributed by atoms with E-state index in [-0.39, 0.29) is 4.86 Å². The molecule has 5 N–H and O–H groups in total. The molecule has 84 valence electrons. The van der Waals surface area contributed by atoms with Gasteiger partial charge in [-0.3, -0.25) is 0 Å². The van der Waals surface area contributed by atoms with Gasteiger partial charge in [-0.15, -0.1) is 0 Å². The molecule has 6 heteroatoms. The van der Waals surface area contributed by atoms with Crippen LogP contribution in [0.1, 0.15) is 13.3 Å². The minimum Gasteiger partial charge on any atom is -0.394 e. The molecule has 4 atom stereocenters. The lowest BCUT2D eigenvalue weighted by atomic mass is 10.0. The number of aliphatic hydroxyl groups is 5. The molecule has 0 radical (unpaired) electrons. The number of hydrogen-bond donors (Lipinski definition) is 5. The first-order chi connectivity index (χ1) is 6.45. The summed E-state index contributed by atoms with van der Waals surface area (Å²) in [5.74, 6) is 0. The highest BCUT2D eigenvalue weighted by molar-refractivity contribution is 7.80. The molecule has 0 amide bonds. The van der Waals surface area contributed by atoms with Crippen molar-refractivity contribution in [2.75, 3.05) is 6.61 Å². The van der Waals surface area contributed by atoms with Gasteiger partial charge in [0.2, 0.25) is 0 Å². The zero-order valence-electron chi connectivity index (χ0n) is 7.87. The van der Waals surface area contributed by atoms with Crippen molar-refractivity contribution < 1.29 is 25.5 Å². The molecule has 0 fully saturated rings. The van der Waals surface area contributed by atoms with E-state index in [0.717, 1.165) is 0 Å². The molecule has 0 aromatic heterocycles. The fourth-order valence-corrected chi connectivity index (χ4v) is 1.06. The molecule has 0 rings (SSSR count). The quantitative estimate of drug-likeness (QED) is 0.341. The van der Waals surface area contributed by atoms with Gasteiger partial charge in [0.05, 0.1) is 6.61 Å². The van der Waals surface area contributed by atoms with E-state index in [2.05, 4.69) is 0 Å². The van der Waals surface area contributed by atoms with Crippen molar-refractivity contribution in [1.29, 1.82) is 0 Å². The highest BCUT2D eigenvalue weighted by Crippen LogP contribution is 2.08. The molecule has 0 saturated heterocycles. The standard InChI is InChI=1S/C8H16O5S/c1-2-5(14)7(12)8(13)6(11)4(10)3-9/h4,6-13H,2-3H2,1H3/t4-,6-,7-,8+/m1/s1. The van der Waals surface area contributed by atoms with Crippen LogP contribution in [0.15, 0.2) is 0 Å². The van der Waals surface area contributed by atoms with Crippen LogP contribution in [0.3, 0.4) is 0 Å². The maximum Gasteiger partial charge on any atom is 0.114 e. The van der Waals surface area contributed by atoms with Crippen LogP contribution in [-0.4, -0.2) is 61.4 Å². The molecule has 0 aliphatic rings. The lowest BCUT2D eigenvalue weighted by Gasteiger charge is -2.25. The average Bonchev–Trinajstić information content (AvgIpc) is 2.23. The molecule has 0 saturated carbocycles. The first-order valence-electron chi connectivity index (χ1n) is 4.31. The normalized spacial score (nSPS) is 19.9. The molecule has 0 bridgehead atoms. The van der Waals surface area contributed by atoms with Gasteiger partial charge in [-0.2, -0.15) is 0 Å². The number of thiocarbonyl (C=S) groups is 1. The van der Waals surface area contributed by atoms with Gasteiger partial charge in [-0.05, 0) is 6.42 Å². The summed E-state index contributed by atoms with van der Waals surface area (Å²) in [4.78, 5) is 0.196. The number of aliphatic hydroxyl groups excluding tert-OH is 5. The van der Waals surface area contributed by atoms with Gasteiger partial charge in [-0.25, -0.2) is 0 Å². The van der Waals surface area contributed by atoms with Crippen molar-refractivity contribution in [3.63, 3.8) is 0 Å². The van der Waals surface area contributed by atoms with Gasteiger partial charge in [0.1, 0.15) is 24.4 Å². The van der Waals surface area contributed by atoms with Crippen LogP contribution in [0.4, 0.5) is 0 Å². The van der Waals surface area contributed by atoms with Crippen molar-refractivity contribution in [3.05, 3.63) is 0 Å². The summed E-state index contributed by atoms with van der Waals surface area (Å²) in [5.41, 5.74) is 0. The van der Waals surface area contributed by atoms with E-state index in [4.69, 9.17) is 22.4 Å². The zero-order chi connectivity index (χ0) is 11.3. The minimum absolute atomic E-state index is 0.196. The summed E-state index contributed by atoms with van der Waals surface area (Å²) in [7, 11) is 0. The first-order valence-corrected chi connectivity index (χ1v) is 4.72. The van der Waals surface area contributed by atoms with Gasteiger partial charge < -0.3 is 25.5 Å². The van der Waals surface area contributed by atoms with E-state index in [1.165, 1.54) is 0 Å². The Labute approximate surface area is 87.6 Å². The van der Waals surface area contributed by atoms with Crippen LogP contribution in [0, 0.1) is 0 Å². The second-order valence-electron chi connectivity index (χ2n) is 3.00. The number of hydrogen-bond acceptors (Lipinski definition) is 6. The van der Waals surface area contributed by atoms with E-state index in [1.807, 2.05) is 0 Å². The Kier molecular flexibility index (Phi) is 6.34. The van der Waals surface area contributed by atoms with Crippen molar-refractivity contribution in [1.82, 2.24) is 0 Å². The van der Waals surface area contributed by atoms with Gasteiger partial charge in [0.25, 0.3) is 0 Å². The van der Waals surface area contributed by atoms with Gasteiger partial charge in [-0.1, -0.05) is 19.1 Å². The highest BCUT2D eigenvalue weighted by Gasteiger charge is 2.31. The van der Waals surface area contributed by atoms with Crippen molar-refractivity contribution in [3.8, 4) is 0 Å². The smallest absolute Gasteiger partial charge is 0.114 e. The van der Waals surface area contributed by atoms with Crippen LogP contribution < -0.4 is 0 Å². The van der Waals surface area contributed by atoms with Gasteiger partial charge >= 0.3 is 0 Å². The van der Waals surface area contributed by atoms with Crippen LogP contribution >= 0.6 is 12.2 Å². The lowest BCUT2D eigenvalue weighted by Crippen LogP contribution is -2.48. The molecular weight excluding hydrogens is 208 g/mol. The molecule has 0 heterocycles. The third-order valence-electron chi connectivity index (χ3n) is 1.93. The Bertz CT molecular complexity index is 187. The molecule has 0 spiro atoms. The topological polar surface area (TPSA) is 101 Å². The maximum atomic E-state index is 9.36. The third-order valence-corrected chi connectivity index (χ3v) is 2.46. The van der Waals surface area contributed by atoms with Crippen molar-refractivity contribution in [2.24, 2.45) is 0 Å². The maximum absolute atomic E-state index is 9.36. The average molecular weight is 224 g/mol. The van der Waals surface area contributed by atoms with E-state index in [9.17, 15) is 15.3 Å². The second kappa shape index (κ2) is 6.39. The van der Waals surface area contributed by atoms with Gasteiger partial charge in [0, 0.05) is 4.86 Å². The third kappa shape index (κ3) is 3.56. The van der Waals surface area contributed by atoms with Gasteiger partial charge in [0.15, 0.2) is 0 Å². The summed E-state index contributed by atoms with van der Waals surface area (Å²) in [6, 6.07) is 0. The fraction of sp³-hybridized carbons (Fsp3) is 0.875. The molecule has 14 heavy (non-hydrogen) atoms. The Balaban J connectivity index is 4.30. The Morgan fingerprint density at radius 1 is 1.14 bits per heavy atom. The molecule has 5 nitrogen and oxygen atoms in total. The SMILES string of the molecule is CCC(=S)[C@@H](O)[C@@H](O)[C@H](O)[C@H](O)CO. The van der Waals surface area contributed by atoms with E-state index < -0.39 is 31.0 Å². The Hall–Kier alpha value is -0.110. The lowest BCUT2D eigenvalue weighted by molar-refractivity contribution is -0.101. The summed E-state index contributed by atoms with van der Waals surface area (Å²) < 4.78 is 0. The monoisotopic (exact) mass is 224 g/mol. The van der Waals surface area contributed by atoms with Crippen LogP contribution in [0.25, 0.3) is 0 Å². The van der Waals surface area contributed by atoms with E-state index in [0.29, 0.717) is 6.42 Å². The summed E-state index contributed by atoms with van der Waals surface area (Å²) in [6.07, 6.45) is -5.66. The van der Waals surface area contributed by atoms with E-state index in [1.54, 1.807) is 6.92 Å².